The van der Waals surface area contributed by atoms with Crippen LogP contribution in [-0.2, 0) is 0 Å². The highest BCUT2D eigenvalue weighted by molar-refractivity contribution is 5.25. The molecular formula is C22H30N2. The minimum atomic E-state index is 0.0842. The molecule has 1 aliphatic heterocycles. The lowest BCUT2D eigenvalue weighted by molar-refractivity contribution is 0.101. The van der Waals surface area contributed by atoms with Crippen LogP contribution < -0.4 is 5.32 Å². The maximum absolute atomic E-state index is 3.93. The normalized spacial score (nSPS) is 18.5. The molecule has 1 saturated heterocycles. The fraction of sp³-hybridized carbons (Fsp3) is 0.455. The van der Waals surface area contributed by atoms with E-state index < -0.39 is 0 Å². The van der Waals surface area contributed by atoms with Gasteiger partial charge in [0, 0.05) is 11.6 Å². The van der Waals surface area contributed by atoms with Crippen molar-refractivity contribution in [3.05, 3.63) is 71.8 Å². The Bertz CT molecular complexity index is 615. The van der Waals surface area contributed by atoms with Crippen LogP contribution in [0.1, 0.15) is 56.8 Å². The molecule has 0 aliphatic carbocycles. The summed E-state index contributed by atoms with van der Waals surface area (Å²) >= 11 is 0. The largest absolute Gasteiger partial charge is 0.302 e. The number of hydrogen-bond acceptors (Lipinski definition) is 2. The monoisotopic (exact) mass is 322 g/mol. The molecule has 2 nitrogen and oxygen atoms in total. The topological polar surface area (TPSA) is 15.3 Å². The molecule has 24 heavy (non-hydrogen) atoms. The van der Waals surface area contributed by atoms with E-state index in [2.05, 4.69) is 91.7 Å². The highest BCUT2D eigenvalue weighted by atomic mass is 15.2. The van der Waals surface area contributed by atoms with E-state index in [-0.39, 0.29) is 5.54 Å². The van der Waals surface area contributed by atoms with Crippen LogP contribution in [0.5, 0.6) is 0 Å². The van der Waals surface area contributed by atoms with Gasteiger partial charge in [0.05, 0.1) is 6.04 Å². The molecule has 0 spiro atoms. The summed E-state index contributed by atoms with van der Waals surface area (Å²) in [5.74, 6) is 0. The lowest BCUT2D eigenvalue weighted by Gasteiger charge is -2.44. The van der Waals surface area contributed by atoms with E-state index >= 15 is 0 Å². The zero-order valence-corrected chi connectivity index (χ0v) is 15.2. The Morgan fingerprint density at radius 3 is 1.88 bits per heavy atom. The Kier molecular flexibility index (Phi) is 5.37. The summed E-state index contributed by atoms with van der Waals surface area (Å²) in [6, 6.07) is 22.3. The van der Waals surface area contributed by atoms with Gasteiger partial charge in [0.2, 0.25) is 0 Å². The van der Waals surface area contributed by atoms with E-state index in [1.807, 2.05) is 0 Å². The second kappa shape index (κ2) is 7.50. The smallest absolute Gasteiger partial charge is 0.0506 e. The first kappa shape index (κ1) is 17.2. The van der Waals surface area contributed by atoms with Crippen LogP contribution in [-0.4, -0.2) is 23.5 Å². The molecule has 2 aromatic rings. The summed E-state index contributed by atoms with van der Waals surface area (Å²) in [4.78, 5) is 2.65. The fourth-order valence-electron chi connectivity index (χ4n) is 3.92. The summed E-state index contributed by atoms with van der Waals surface area (Å²) in [6.45, 7) is 9.46. The molecule has 0 saturated carbocycles. The molecule has 1 N–H and O–H groups in total. The SMILES string of the molecule is C[C@@H](NC(c1ccccc1)C(C)(C)N1CCCC1)c1ccccc1. The van der Waals surface area contributed by atoms with E-state index in [1.54, 1.807) is 0 Å². The molecule has 0 amide bonds. The molecule has 1 aliphatic rings. The minimum Gasteiger partial charge on any atom is -0.302 e. The first-order chi connectivity index (χ1) is 11.6. The number of nitrogens with zero attached hydrogens (tertiary/aromatic N) is 1. The Hall–Kier alpha value is -1.64. The number of hydrogen-bond donors (Lipinski definition) is 1. The van der Waals surface area contributed by atoms with Crippen molar-refractivity contribution in [2.24, 2.45) is 0 Å². The molecule has 0 radical (unpaired) electrons. The van der Waals surface area contributed by atoms with E-state index in [9.17, 15) is 0 Å². The number of benzene rings is 2. The van der Waals surface area contributed by atoms with Crippen molar-refractivity contribution in [1.29, 1.82) is 0 Å². The summed E-state index contributed by atoms with van der Waals surface area (Å²) in [5, 5.41) is 3.93. The third-order valence-corrected chi connectivity index (χ3v) is 5.48. The second-order valence-corrected chi connectivity index (χ2v) is 7.49. The summed E-state index contributed by atoms with van der Waals surface area (Å²) < 4.78 is 0. The van der Waals surface area contributed by atoms with Gasteiger partial charge in [0.1, 0.15) is 0 Å². The predicted molar refractivity (Wildman–Crippen MR) is 102 cm³/mol. The second-order valence-electron chi connectivity index (χ2n) is 7.49. The maximum atomic E-state index is 3.93. The molecule has 128 valence electrons. The van der Waals surface area contributed by atoms with Gasteiger partial charge >= 0.3 is 0 Å². The van der Waals surface area contributed by atoms with Crippen LogP contribution in [0.4, 0.5) is 0 Å². The molecule has 1 fully saturated rings. The minimum absolute atomic E-state index is 0.0842. The van der Waals surface area contributed by atoms with Crippen molar-refractivity contribution in [3.63, 3.8) is 0 Å². The van der Waals surface area contributed by atoms with Gasteiger partial charge in [-0.2, -0.15) is 0 Å². The van der Waals surface area contributed by atoms with Crippen LogP contribution in [0, 0.1) is 0 Å². The molecule has 2 atom stereocenters. The van der Waals surface area contributed by atoms with Gasteiger partial charge in [-0.15, -0.1) is 0 Å². The summed E-state index contributed by atoms with van der Waals surface area (Å²) in [5.41, 5.74) is 2.80. The standard InChI is InChI=1S/C22H30N2/c1-18(19-12-6-4-7-13-19)23-21(20-14-8-5-9-15-20)22(2,3)24-16-10-11-17-24/h4-9,12-15,18,21,23H,10-11,16-17H2,1-3H3/t18-,21?/m1/s1. The van der Waals surface area contributed by atoms with Crippen molar-refractivity contribution in [2.75, 3.05) is 13.1 Å². The zero-order chi connectivity index (χ0) is 17.0. The highest BCUT2D eigenvalue weighted by Gasteiger charge is 2.38. The molecular weight excluding hydrogens is 292 g/mol. The average Bonchev–Trinajstić information content (AvgIpc) is 3.16. The Labute approximate surface area is 146 Å². The van der Waals surface area contributed by atoms with E-state index in [1.165, 1.54) is 37.1 Å². The average molecular weight is 322 g/mol. The molecule has 0 bridgehead atoms. The zero-order valence-electron chi connectivity index (χ0n) is 15.2. The fourth-order valence-corrected chi connectivity index (χ4v) is 3.92. The van der Waals surface area contributed by atoms with Crippen LogP contribution in [0.15, 0.2) is 60.7 Å². The number of nitrogens with one attached hydrogen (secondary N) is 1. The highest BCUT2D eigenvalue weighted by Crippen LogP contribution is 2.35. The molecule has 0 aromatic heterocycles. The van der Waals surface area contributed by atoms with E-state index in [0.29, 0.717) is 12.1 Å². The first-order valence-corrected chi connectivity index (χ1v) is 9.20. The molecule has 1 heterocycles. The van der Waals surface area contributed by atoms with Crippen LogP contribution in [0.25, 0.3) is 0 Å². The first-order valence-electron chi connectivity index (χ1n) is 9.20. The van der Waals surface area contributed by atoms with Crippen LogP contribution >= 0.6 is 0 Å². The maximum Gasteiger partial charge on any atom is 0.0506 e. The van der Waals surface area contributed by atoms with Gasteiger partial charge in [-0.1, -0.05) is 60.7 Å². The molecule has 2 aromatic carbocycles. The Morgan fingerprint density at radius 2 is 1.33 bits per heavy atom. The van der Waals surface area contributed by atoms with Crippen LogP contribution in [0.3, 0.4) is 0 Å². The van der Waals surface area contributed by atoms with Gasteiger partial charge in [-0.05, 0) is 57.8 Å². The van der Waals surface area contributed by atoms with Crippen LogP contribution in [0.2, 0.25) is 0 Å². The van der Waals surface area contributed by atoms with Crippen molar-refractivity contribution in [2.45, 2.75) is 51.2 Å². The van der Waals surface area contributed by atoms with Crippen molar-refractivity contribution in [1.82, 2.24) is 10.2 Å². The lowest BCUT2D eigenvalue weighted by Crippen LogP contribution is -2.52. The van der Waals surface area contributed by atoms with E-state index in [4.69, 9.17) is 0 Å². The van der Waals surface area contributed by atoms with Crippen molar-refractivity contribution < 1.29 is 0 Å². The van der Waals surface area contributed by atoms with E-state index in [0.717, 1.165) is 0 Å². The predicted octanol–water partition coefficient (Wildman–Crippen LogP) is 4.95. The lowest BCUT2D eigenvalue weighted by atomic mass is 9.86. The number of rotatable bonds is 6. The quantitative estimate of drug-likeness (QED) is 0.809. The third-order valence-electron chi connectivity index (χ3n) is 5.48. The molecule has 3 rings (SSSR count). The number of likely N-dealkylation sites (tertiary alicyclic amines) is 1. The van der Waals surface area contributed by atoms with Crippen molar-refractivity contribution in [3.8, 4) is 0 Å². The Balaban J connectivity index is 1.88. The third kappa shape index (κ3) is 3.71. The van der Waals surface area contributed by atoms with Gasteiger partial charge in [-0.25, -0.2) is 0 Å². The van der Waals surface area contributed by atoms with Crippen molar-refractivity contribution >= 4 is 0 Å². The van der Waals surface area contributed by atoms with Gasteiger partial charge in [-0.3, -0.25) is 4.90 Å². The summed E-state index contributed by atoms with van der Waals surface area (Å²) in [7, 11) is 0. The van der Waals surface area contributed by atoms with Gasteiger partial charge < -0.3 is 5.32 Å². The Morgan fingerprint density at radius 1 is 0.833 bits per heavy atom. The van der Waals surface area contributed by atoms with Gasteiger partial charge in [0.15, 0.2) is 0 Å². The van der Waals surface area contributed by atoms with Gasteiger partial charge in [0.25, 0.3) is 0 Å². The summed E-state index contributed by atoms with van der Waals surface area (Å²) in [6.07, 6.45) is 2.64. The molecule has 2 heteroatoms. The molecule has 1 unspecified atom stereocenters.